The van der Waals surface area contributed by atoms with Crippen LogP contribution in [0.1, 0.15) is 31.7 Å². The van der Waals surface area contributed by atoms with Crippen molar-refractivity contribution in [3.8, 4) is 17.1 Å². The van der Waals surface area contributed by atoms with Gasteiger partial charge in [-0.1, -0.05) is 29.8 Å². The third kappa shape index (κ3) is 4.83. The first kappa shape index (κ1) is 20.6. The number of oxazole rings is 1. The molecular weight excluding hydrogens is 371 g/mol. The molecule has 0 bridgehead atoms. The second-order valence-corrected chi connectivity index (χ2v) is 7.16. The summed E-state index contributed by atoms with van der Waals surface area (Å²) in [6, 6.07) is 12.4. The molecule has 6 heteroatoms. The van der Waals surface area contributed by atoms with Crippen molar-refractivity contribution in [2.45, 2.75) is 39.7 Å². The zero-order valence-corrected chi connectivity index (χ0v) is 17.1. The van der Waals surface area contributed by atoms with Crippen LogP contribution in [-0.4, -0.2) is 24.0 Å². The number of amides is 1. The molecule has 0 aliphatic carbocycles. The van der Waals surface area contributed by atoms with Crippen LogP contribution in [-0.2, 0) is 11.2 Å². The van der Waals surface area contributed by atoms with E-state index in [-0.39, 0.29) is 24.1 Å². The maximum Gasteiger partial charge on any atom is 0.227 e. The van der Waals surface area contributed by atoms with Crippen LogP contribution in [0.2, 0.25) is 0 Å². The number of carbonyl (C=O) groups is 1. The molecule has 0 aliphatic heterocycles. The first-order valence-electron chi connectivity index (χ1n) is 9.56. The number of nitrogens with zero attached hydrogens (tertiary/aromatic N) is 2. The molecule has 0 saturated heterocycles. The summed E-state index contributed by atoms with van der Waals surface area (Å²) >= 11 is 0. The van der Waals surface area contributed by atoms with Crippen LogP contribution in [0, 0.1) is 12.7 Å². The van der Waals surface area contributed by atoms with E-state index in [0.29, 0.717) is 23.8 Å². The Balaban J connectivity index is 1.70. The van der Waals surface area contributed by atoms with Crippen molar-refractivity contribution in [1.82, 2.24) is 4.98 Å². The number of carbonyl (C=O) groups excluding carboxylic acids is 1. The van der Waals surface area contributed by atoms with Gasteiger partial charge in [-0.3, -0.25) is 4.79 Å². The predicted octanol–water partition coefficient (Wildman–Crippen LogP) is 5.17. The SMILES string of the molecule is COc1ccc(N(C(=O)CCc2ncc(-c3ccc(C)cc3)o2)C(C)C)cc1F. The average Bonchev–Trinajstić information content (AvgIpc) is 3.16. The number of benzene rings is 2. The summed E-state index contributed by atoms with van der Waals surface area (Å²) in [6.07, 6.45) is 2.25. The Hall–Kier alpha value is -3.15. The average molecular weight is 396 g/mol. The number of aromatic nitrogens is 1. The van der Waals surface area contributed by atoms with Crippen LogP contribution < -0.4 is 9.64 Å². The molecule has 152 valence electrons. The monoisotopic (exact) mass is 396 g/mol. The number of hydrogen-bond acceptors (Lipinski definition) is 4. The lowest BCUT2D eigenvalue weighted by atomic mass is 10.1. The van der Waals surface area contributed by atoms with E-state index in [2.05, 4.69) is 4.98 Å². The third-order valence-electron chi connectivity index (χ3n) is 4.64. The maximum absolute atomic E-state index is 14.1. The summed E-state index contributed by atoms with van der Waals surface area (Å²) in [5, 5.41) is 0. The molecular formula is C23H25FN2O3. The molecule has 0 radical (unpaired) electrons. The first-order valence-corrected chi connectivity index (χ1v) is 9.56. The second-order valence-electron chi connectivity index (χ2n) is 7.16. The Morgan fingerprint density at radius 1 is 1.21 bits per heavy atom. The molecule has 3 aromatic rings. The fraction of sp³-hybridized carbons (Fsp3) is 0.304. The van der Waals surface area contributed by atoms with Crippen LogP contribution in [0.3, 0.4) is 0 Å². The van der Waals surface area contributed by atoms with Gasteiger partial charge in [0.15, 0.2) is 23.2 Å². The highest BCUT2D eigenvalue weighted by atomic mass is 19.1. The summed E-state index contributed by atoms with van der Waals surface area (Å²) in [5.41, 5.74) is 2.61. The minimum atomic E-state index is -0.501. The van der Waals surface area contributed by atoms with Gasteiger partial charge in [0, 0.05) is 36.2 Å². The van der Waals surface area contributed by atoms with E-state index in [1.165, 1.54) is 24.8 Å². The Bertz CT molecular complexity index is 980. The molecule has 1 aromatic heterocycles. The van der Waals surface area contributed by atoms with Gasteiger partial charge in [-0.15, -0.1) is 0 Å². The highest BCUT2D eigenvalue weighted by Crippen LogP contribution is 2.26. The zero-order valence-electron chi connectivity index (χ0n) is 17.1. The maximum atomic E-state index is 14.1. The van der Waals surface area contributed by atoms with E-state index < -0.39 is 5.82 Å². The van der Waals surface area contributed by atoms with Gasteiger partial charge in [-0.25, -0.2) is 9.37 Å². The summed E-state index contributed by atoms with van der Waals surface area (Å²) < 4.78 is 24.8. The Labute approximate surface area is 170 Å². The van der Waals surface area contributed by atoms with Crippen LogP contribution in [0.25, 0.3) is 11.3 Å². The standard InChI is InChI=1S/C23H25FN2O3/c1-15(2)26(18-9-10-20(28-4)19(24)13-18)23(27)12-11-22-25-14-21(29-22)17-7-5-16(3)6-8-17/h5-10,13-15H,11-12H2,1-4H3. The van der Waals surface area contributed by atoms with Crippen LogP contribution >= 0.6 is 0 Å². The molecule has 5 nitrogen and oxygen atoms in total. The van der Waals surface area contributed by atoms with Crippen molar-refractivity contribution in [2.75, 3.05) is 12.0 Å². The van der Waals surface area contributed by atoms with E-state index in [1.807, 2.05) is 45.0 Å². The van der Waals surface area contributed by atoms with Crippen LogP contribution in [0.15, 0.2) is 53.1 Å². The van der Waals surface area contributed by atoms with E-state index in [0.717, 1.165) is 5.56 Å². The Morgan fingerprint density at radius 2 is 1.93 bits per heavy atom. The van der Waals surface area contributed by atoms with Crippen molar-refractivity contribution in [1.29, 1.82) is 0 Å². The number of aryl methyl sites for hydroxylation is 2. The van der Waals surface area contributed by atoms with Crippen molar-refractivity contribution < 1.29 is 18.3 Å². The quantitative estimate of drug-likeness (QED) is 0.553. The normalized spacial score (nSPS) is 11.0. The van der Waals surface area contributed by atoms with Crippen LogP contribution in [0.5, 0.6) is 5.75 Å². The number of hydrogen-bond donors (Lipinski definition) is 0. The molecule has 0 spiro atoms. The van der Waals surface area contributed by atoms with E-state index in [4.69, 9.17) is 9.15 Å². The third-order valence-corrected chi connectivity index (χ3v) is 4.64. The van der Waals surface area contributed by atoms with Crippen molar-refractivity contribution in [3.63, 3.8) is 0 Å². The summed E-state index contributed by atoms with van der Waals surface area (Å²) in [4.78, 5) is 18.7. The topological polar surface area (TPSA) is 55.6 Å². The van der Waals surface area contributed by atoms with Gasteiger partial charge in [0.25, 0.3) is 0 Å². The molecule has 1 heterocycles. The largest absolute Gasteiger partial charge is 0.494 e. The lowest BCUT2D eigenvalue weighted by molar-refractivity contribution is -0.119. The second kappa shape index (κ2) is 8.90. The van der Waals surface area contributed by atoms with Gasteiger partial charge in [0.2, 0.25) is 5.91 Å². The lowest BCUT2D eigenvalue weighted by Gasteiger charge is -2.27. The van der Waals surface area contributed by atoms with Gasteiger partial charge >= 0.3 is 0 Å². The fourth-order valence-corrected chi connectivity index (χ4v) is 3.15. The summed E-state index contributed by atoms with van der Waals surface area (Å²) in [5.74, 6) is 0.691. The molecule has 3 rings (SSSR count). The smallest absolute Gasteiger partial charge is 0.227 e. The zero-order chi connectivity index (χ0) is 21.0. The number of rotatable bonds is 7. The molecule has 0 unspecified atom stereocenters. The number of ether oxygens (including phenoxy) is 1. The van der Waals surface area contributed by atoms with Crippen molar-refractivity contribution >= 4 is 11.6 Å². The van der Waals surface area contributed by atoms with Gasteiger partial charge < -0.3 is 14.1 Å². The molecule has 0 N–H and O–H groups in total. The molecule has 29 heavy (non-hydrogen) atoms. The van der Waals surface area contributed by atoms with E-state index in [9.17, 15) is 9.18 Å². The summed E-state index contributed by atoms with van der Waals surface area (Å²) in [7, 11) is 1.41. The molecule has 0 atom stereocenters. The number of anilines is 1. The Kier molecular flexibility index (Phi) is 6.32. The molecule has 1 amide bonds. The number of methoxy groups -OCH3 is 1. The van der Waals surface area contributed by atoms with Gasteiger partial charge in [-0.05, 0) is 32.9 Å². The van der Waals surface area contributed by atoms with Crippen LogP contribution in [0.4, 0.5) is 10.1 Å². The van der Waals surface area contributed by atoms with Crippen molar-refractivity contribution in [3.05, 3.63) is 65.9 Å². The molecule has 2 aromatic carbocycles. The predicted molar refractivity (Wildman–Crippen MR) is 111 cm³/mol. The van der Waals surface area contributed by atoms with Crippen molar-refractivity contribution in [2.24, 2.45) is 0 Å². The molecule has 0 aliphatic rings. The lowest BCUT2D eigenvalue weighted by Crippen LogP contribution is -2.37. The van der Waals surface area contributed by atoms with E-state index in [1.54, 1.807) is 17.2 Å². The highest BCUT2D eigenvalue weighted by Gasteiger charge is 2.21. The van der Waals surface area contributed by atoms with Gasteiger partial charge in [0.05, 0.1) is 13.3 Å². The first-order chi connectivity index (χ1) is 13.9. The number of halogens is 1. The molecule has 0 saturated carbocycles. The van der Waals surface area contributed by atoms with Gasteiger partial charge in [-0.2, -0.15) is 0 Å². The molecule has 0 fully saturated rings. The fourth-order valence-electron chi connectivity index (χ4n) is 3.15. The van der Waals surface area contributed by atoms with E-state index >= 15 is 0 Å². The van der Waals surface area contributed by atoms with Gasteiger partial charge in [0.1, 0.15) is 0 Å². The minimum Gasteiger partial charge on any atom is -0.494 e. The summed E-state index contributed by atoms with van der Waals surface area (Å²) in [6.45, 7) is 5.80. The Morgan fingerprint density at radius 3 is 2.55 bits per heavy atom. The highest BCUT2D eigenvalue weighted by molar-refractivity contribution is 5.94. The minimum absolute atomic E-state index is 0.122.